The minimum absolute atomic E-state index is 0.000862. The second-order valence-corrected chi connectivity index (χ2v) is 9.30. The van der Waals surface area contributed by atoms with Crippen LogP contribution in [0.15, 0.2) is 36.5 Å². The predicted molar refractivity (Wildman–Crippen MR) is 134 cm³/mol. The number of carbonyl (C=O) groups excluding carboxylic acids is 1. The van der Waals surface area contributed by atoms with E-state index in [0.29, 0.717) is 34.8 Å². The summed E-state index contributed by atoms with van der Waals surface area (Å²) in [4.78, 5) is 24.1. The quantitative estimate of drug-likeness (QED) is 0.442. The second kappa shape index (κ2) is 11.7. The Labute approximate surface area is 209 Å². The minimum Gasteiger partial charge on any atom is -0.478 e. The molecule has 7 nitrogen and oxygen atoms in total. The summed E-state index contributed by atoms with van der Waals surface area (Å²) >= 11 is 6.02. The molecular weight excluding hydrogens is 471 g/mol. The molecule has 3 aromatic rings. The van der Waals surface area contributed by atoms with Crippen LogP contribution in [0.2, 0.25) is 5.02 Å². The van der Waals surface area contributed by atoms with Gasteiger partial charge in [-0.25, -0.2) is 14.4 Å². The number of amides is 1. The van der Waals surface area contributed by atoms with E-state index >= 15 is 0 Å². The summed E-state index contributed by atoms with van der Waals surface area (Å²) < 4.78 is 25.0. The number of nitrogens with zero attached hydrogens (tertiary/aromatic N) is 3. The average Bonchev–Trinajstić information content (AvgIpc) is 2.83. The van der Waals surface area contributed by atoms with Gasteiger partial charge in [-0.2, -0.15) is 0 Å². The molecule has 0 bridgehead atoms. The highest BCUT2D eigenvalue weighted by atomic mass is 35.5. The number of morpholine rings is 1. The molecule has 186 valence electrons. The fourth-order valence-electron chi connectivity index (χ4n) is 4.04. The second-order valence-electron chi connectivity index (χ2n) is 8.90. The Balaban J connectivity index is 1.55. The molecule has 0 radical (unpaired) electrons. The number of carbonyl (C=O) groups is 1. The lowest BCUT2D eigenvalue weighted by atomic mass is 10.0. The number of nitrogens with one attached hydrogen (secondary N) is 1. The van der Waals surface area contributed by atoms with Gasteiger partial charge in [-0.1, -0.05) is 11.6 Å². The maximum absolute atomic E-state index is 13.8. The van der Waals surface area contributed by atoms with Crippen LogP contribution in [0.25, 0.3) is 22.2 Å². The highest BCUT2D eigenvalue weighted by Crippen LogP contribution is 2.30. The minimum atomic E-state index is -0.507. The Morgan fingerprint density at radius 3 is 2.80 bits per heavy atom. The summed E-state index contributed by atoms with van der Waals surface area (Å²) in [7, 11) is 0. The molecule has 0 aliphatic carbocycles. The third-order valence-corrected chi connectivity index (χ3v) is 6.01. The van der Waals surface area contributed by atoms with Crippen molar-refractivity contribution in [1.29, 1.82) is 0 Å². The topological polar surface area (TPSA) is 76.6 Å². The van der Waals surface area contributed by atoms with Crippen LogP contribution in [0.4, 0.5) is 4.39 Å². The Hall–Kier alpha value is -2.81. The SMILES string of the molecule is CC(C)NC(=O)Cc1cc2cc(OCCCN3CCOCC3)ncc2nc1-c1ccc(F)c(Cl)c1. The number of pyridine rings is 2. The van der Waals surface area contributed by atoms with Gasteiger partial charge in [0.05, 0.1) is 48.7 Å². The number of aromatic nitrogens is 2. The van der Waals surface area contributed by atoms with Gasteiger partial charge in [-0.05, 0) is 50.1 Å². The Kier molecular flexibility index (Phi) is 8.49. The molecule has 4 rings (SSSR count). The van der Waals surface area contributed by atoms with Gasteiger partial charge in [0.2, 0.25) is 11.8 Å². The van der Waals surface area contributed by atoms with E-state index in [2.05, 4.69) is 15.2 Å². The lowest BCUT2D eigenvalue weighted by Crippen LogP contribution is -2.37. The zero-order valence-electron chi connectivity index (χ0n) is 20.0. The number of halogens is 2. The lowest BCUT2D eigenvalue weighted by molar-refractivity contribution is -0.120. The normalized spacial score (nSPS) is 14.4. The number of rotatable bonds is 9. The van der Waals surface area contributed by atoms with Gasteiger partial charge in [0.25, 0.3) is 0 Å². The van der Waals surface area contributed by atoms with Gasteiger partial charge in [-0.15, -0.1) is 0 Å². The van der Waals surface area contributed by atoms with E-state index in [-0.39, 0.29) is 23.4 Å². The maximum atomic E-state index is 13.8. The van der Waals surface area contributed by atoms with E-state index in [0.717, 1.165) is 44.7 Å². The Bertz CT molecular complexity index is 1180. The molecule has 0 atom stereocenters. The van der Waals surface area contributed by atoms with Crippen LogP contribution in [0.5, 0.6) is 5.88 Å². The van der Waals surface area contributed by atoms with Gasteiger partial charge in [0, 0.05) is 42.7 Å². The average molecular weight is 501 g/mol. The first kappa shape index (κ1) is 25.3. The van der Waals surface area contributed by atoms with Gasteiger partial charge in [0.15, 0.2) is 0 Å². The monoisotopic (exact) mass is 500 g/mol. The van der Waals surface area contributed by atoms with Crippen LogP contribution in [0.3, 0.4) is 0 Å². The van der Waals surface area contributed by atoms with Crippen LogP contribution in [-0.4, -0.2) is 66.3 Å². The summed E-state index contributed by atoms with van der Waals surface area (Å²) in [6.07, 6.45) is 2.67. The fourth-order valence-corrected chi connectivity index (χ4v) is 4.22. The molecule has 1 aromatic carbocycles. The molecule has 1 aliphatic rings. The third kappa shape index (κ3) is 6.87. The van der Waals surface area contributed by atoms with Crippen LogP contribution in [-0.2, 0) is 16.0 Å². The summed E-state index contributed by atoms with van der Waals surface area (Å²) in [5.41, 5.74) is 2.56. The van der Waals surface area contributed by atoms with E-state index in [1.54, 1.807) is 12.3 Å². The fraction of sp³-hybridized carbons (Fsp3) is 0.423. The molecule has 1 N–H and O–H groups in total. The van der Waals surface area contributed by atoms with Crippen molar-refractivity contribution in [2.75, 3.05) is 39.5 Å². The zero-order valence-corrected chi connectivity index (χ0v) is 20.8. The van der Waals surface area contributed by atoms with Crippen molar-refractivity contribution in [3.8, 4) is 17.1 Å². The van der Waals surface area contributed by atoms with E-state index in [1.165, 1.54) is 12.1 Å². The zero-order chi connectivity index (χ0) is 24.8. The largest absolute Gasteiger partial charge is 0.478 e. The summed E-state index contributed by atoms with van der Waals surface area (Å²) in [5.74, 6) is -0.118. The maximum Gasteiger partial charge on any atom is 0.224 e. The highest BCUT2D eigenvalue weighted by molar-refractivity contribution is 6.31. The van der Waals surface area contributed by atoms with E-state index in [9.17, 15) is 9.18 Å². The molecule has 0 spiro atoms. The van der Waals surface area contributed by atoms with E-state index in [4.69, 9.17) is 26.1 Å². The number of hydrogen-bond donors (Lipinski definition) is 1. The molecule has 9 heteroatoms. The van der Waals surface area contributed by atoms with Crippen LogP contribution >= 0.6 is 11.6 Å². The first-order chi connectivity index (χ1) is 16.9. The molecule has 1 aliphatic heterocycles. The number of ether oxygens (including phenoxy) is 2. The lowest BCUT2D eigenvalue weighted by Gasteiger charge is -2.26. The number of hydrogen-bond acceptors (Lipinski definition) is 6. The smallest absolute Gasteiger partial charge is 0.224 e. The standard InChI is InChI=1S/C26H30ClFN4O3/c1-17(2)30-24(33)14-20-12-19-15-25(35-9-3-6-32-7-10-34-11-8-32)29-16-23(19)31-26(20)18-4-5-22(28)21(27)13-18/h4-5,12-13,15-17H,3,6-11,14H2,1-2H3,(H,30,33). The van der Waals surface area contributed by atoms with Crippen molar-refractivity contribution in [1.82, 2.24) is 20.2 Å². The molecule has 1 amide bonds. The summed E-state index contributed by atoms with van der Waals surface area (Å²) in [5, 5.41) is 3.72. The highest BCUT2D eigenvalue weighted by Gasteiger charge is 2.16. The molecule has 35 heavy (non-hydrogen) atoms. The van der Waals surface area contributed by atoms with Crippen molar-refractivity contribution >= 4 is 28.4 Å². The first-order valence-corrected chi connectivity index (χ1v) is 12.2. The summed E-state index contributed by atoms with van der Waals surface area (Å²) in [6.45, 7) is 8.80. The molecule has 0 unspecified atom stereocenters. The van der Waals surface area contributed by atoms with Crippen molar-refractivity contribution in [2.24, 2.45) is 0 Å². The van der Waals surface area contributed by atoms with Crippen LogP contribution in [0, 0.1) is 5.82 Å². The molecule has 1 saturated heterocycles. The van der Waals surface area contributed by atoms with E-state index < -0.39 is 5.82 Å². The Morgan fingerprint density at radius 1 is 1.26 bits per heavy atom. The van der Waals surface area contributed by atoms with Gasteiger partial charge in [-0.3, -0.25) is 9.69 Å². The van der Waals surface area contributed by atoms with Gasteiger partial charge < -0.3 is 14.8 Å². The van der Waals surface area contributed by atoms with Crippen LogP contribution < -0.4 is 10.1 Å². The van der Waals surface area contributed by atoms with Crippen molar-refractivity contribution in [2.45, 2.75) is 32.7 Å². The van der Waals surface area contributed by atoms with E-state index in [1.807, 2.05) is 26.0 Å². The van der Waals surface area contributed by atoms with Crippen molar-refractivity contribution in [3.05, 3.63) is 52.9 Å². The first-order valence-electron chi connectivity index (χ1n) is 11.9. The van der Waals surface area contributed by atoms with Gasteiger partial charge >= 0.3 is 0 Å². The van der Waals surface area contributed by atoms with Crippen LogP contribution in [0.1, 0.15) is 25.8 Å². The summed E-state index contributed by atoms with van der Waals surface area (Å²) in [6, 6.07) is 8.20. The van der Waals surface area contributed by atoms with Crippen molar-refractivity contribution in [3.63, 3.8) is 0 Å². The third-order valence-electron chi connectivity index (χ3n) is 5.72. The number of fused-ring (bicyclic) bond motifs is 1. The Morgan fingerprint density at radius 2 is 2.06 bits per heavy atom. The molecular formula is C26H30ClFN4O3. The van der Waals surface area contributed by atoms with Crippen molar-refractivity contribution < 1.29 is 18.7 Å². The number of benzene rings is 1. The predicted octanol–water partition coefficient (Wildman–Crippen LogP) is 4.26. The molecule has 0 saturated carbocycles. The van der Waals surface area contributed by atoms with Gasteiger partial charge in [0.1, 0.15) is 5.82 Å². The molecule has 3 heterocycles. The molecule has 1 fully saturated rings. The molecule has 2 aromatic heterocycles.